The molecule has 0 fully saturated rings. The number of para-hydroxylation sites is 4. The van der Waals surface area contributed by atoms with E-state index in [1.165, 1.54) is 24.3 Å². The molecule has 7 heteroatoms. The van der Waals surface area contributed by atoms with Gasteiger partial charge in [0.05, 0.1) is 0 Å². The summed E-state index contributed by atoms with van der Waals surface area (Å²) in [5.41, 5.74) is 4.15. The number of rotatable bonds is 2. The molecule has 0 saturated carbocycles. The number of fused-ring (bicyclic) bond motifs is 6. The summed E-state index contributed by atoms with van der Waals surface area (Å²) in [7, 11) is 0. The molecule has 0 amide bonds. The maximum Gasteiger partial charge on any atom is 4.00 e. The molecular formula is C46H30F4N2Ti. The van der Waals surface area contributed by atoms with Crippen LogP contribution in [0.1, 0.15) is 12.8 Å². The molecule has 2 heterocycles. The monoisotopic (exact) mass is 734 g/mol. The first-order valence-corrected chi connectivity index (χ1v) is 16.7. The largest absolute Gasteiger partial charge is 4.00 e. The SMILES string of the molecule is Fc1[c-]c(F)c(-n2c3ccccc3c3ccccc32)cc1.Fc1[c-]c(F)c(-n2c3ccccc3c3ccccc32)cc1.[C-]1=CC=CC1.[C-]1=CC=CC1.[Ti+4]. The first-order chi connectivity index (χ1) is 25.5. The molecule has 2 aliphatic carbocycles. The van der Waals surface area contributed by atoms with Gasteiger partial charge in [-0.25, -0.2) is 41.9 Å². The number of hydrogen-bond acceptors (Lipinski definition) is 0. The fourth-order valence-corrected chi connectivity index (χ4v) is 6.26. The summed E-state index contributed by atoms with van der Waals surface area (Å²) in [5, 5.41) is 4.15. The first kappa shape index (κ1) is 37.1. The van der Waals surface area contributed by atoms with Crippen molar-refractivity contribution in [2.75, 3.05) is 0 Å². The third-order valence-corrected chi connectivity index (χ3v) is 8.50. The Morgan fingerprint density at radius 3 is 0.981 bits per heavy atom. The molecule has 0 aliphatic heterocycles. The van der Waals surface area contributed by atoms with Gasteiger partial charge in [0.25, 0.3) is 0 Å². The van der Waals surface area contributed by atoms with Crippen LogP contribution in [-0.4, -0.2) is 9.13 Å². The zero-order chi connectivity index (χ0) is 35.9. The van der Waals surface area contributed by atoms with Crippen molar-refractivity contribution in [2.45, 2.75) is 12.8 Å². The minimum Gasteiger partial charge on any atom is -0.362 e. The first-order valence-electron chi connectivity index (χ1n) is 16.7. The normalized spacial score (nSPS) is 12.3. The van der Waals surface area contributed by atoms with Gasteiger partial charge in [0.15, 0.2) is 0 Å². The molecule has 0 bridgehead atoms. The third kappa shape index (κ3) is 8.05. The van der Waals surface area contributed by atoms with E-state index in [1.807, 2.05) is 121 Å². The van der Waals surface area contributed by atoms with Gasteiger partial charge in [0, 0.05) is 66.9 Å². The summed E-state index contributed by atoms with van der Waals surface area (Å²) in [6.07, 6.45) is 20.0. The quantitative estimate of drug-likeness (QED) is 0.0951. The van der Waals surface area contributed by atoms with Crippen LogP contribution in [0.2, 0.25) is 0 Å². The van der Waals surface area contributed by atoms with Crippen molar-refractivity contribution < 1.29 is 39.3 Å². The van der Waals surface area contributed by atoms with E-state index in [1.54, 1.807) is 9.13 Å². The standard InChI is InChI=1S/2C18H10F2N.2C5H5.Ti/c2*19-12-9-10-18(15(20)11-12)21-16-7-3-1-5-13(16)14-6-2-4-8-17(14)21;2*1-2-4-5-3-1;/h2*1-10H;2*1-3H,4H2;/q4*-1;+4. The molecule has 0 N–H and O–H groups in total. The Morgan fingerprint density at radius 1 is 0.415 bits per heavy atom. The van der Waals surface area contributed by atoms with E-state index in [-0.39, 0.29) is 21.7 Å². The van der Waals surface area contributed by atoms with Gasteiger partial charge in [-0.2, -0.15) is 12.2 Å². The fourth-order valence-electron chi connectivity index (χ4n) is 6.26. The predicted octanol–water partition coefficient (Wildman–Crippen LogP) is 12.3. The van der Waals surface area contributed by atoms with Crippen LogP contribution in [0.4, 0.5) is 17.6 Å². The number of hydrogen-bond donors (Lipinski definition) is 0. The van der Waals surface area contributed by atoms with Gasteiger partial charge in [0.2, 0.25) is 0 Å². The van der Waals surface area contributed by atoms with Crippen LogP contribution in [0.25, 0.3) is 55.0 Å². The van der Waals surface area contributed by atoms with Crippen molar-refractivity contribution in [3.05, 3.63) is 205 Å². The number of aromatic nitrogens is 2. The zero-order valence-corrected chi connectivity index (χ0v) is 29.9. The second kappa shape index (κ2) is 17.2. The van der Waals surface area contributed by atoms with E-state index in [4.69, 9.17) is 0 Å². The predicted molar refractivity (Wildman–Crippen MR) is 202 cm³/mol. The maximum atomic E-state index is 14.2. The molecule has 0 spiro atoms. The van der Waals surface area contributed by atoms with Crippen LogP contribution >= 0.6 is 0 Å². The molecule has 2 aliphatic rings. The van der Waals surface area contributed by atoms with E-state index in [0.29, 0.717) is 11.4 Å². The number of allylic oxidation sites excluding steroid dienone is 8. The van der Waals surface area contributed by atoms with Crippen LogP contribution < -0.4 is 0 Å². The van der Waals surface area contributed by atoms with Crippen LogP contribution in [0.5, 0.6) is 0 Å². The van der Waals surface area contributed by atoms with Gasteiger partial charge in [0.1, 0.15) is 0 Å². The van der Waals surface area contributed by atoms with Gasteiger partial charge in [-0.05, 0) is 35.6 Å². The van der Waals surface area contributed by atoms with Crippen LogP contribution in [0.15, 0.2) is 158 Å². The molecular weight excluding hydrogens is 704 g/mol. The second-order valence-electron chi connectivity index (χ2n) is 11.8. The van der Waals surface area contributed by atoms with Crippen molar-refractivity contribution in [1.29, 1.82) is 0 Å². The van der Waals surface area contributed by atoms with Crippen molar-refractivity contribution >= 4 is 43.6 Å². The molecule has 256 valence electrons. The summed E-state index contributed by atoms with van der Waals surface area (Å²) < 4.78 is 58.1. The van der Waals surface area contributed by atoms with Gasteiger partial charge < -0.3 is 9.13 Å². The van der Waals surface area contributed by atoms with Crippen molar-refractivity contribution in [2.24, 2.45) is 0 Å². The van der Waals surface area contributed by atoms with E-state index in [9.17, 15) is 17.6 Å². The van der Waals surface area contributed by atoms with Crippen LogP contribution in [0.3, 0.4) is 0 Å². The minimum atomic E-state index is -0.697. The smallest absolute Gasteiger partial charge is 0.362 e. The van der Waals surface area contributed by atoms with Crippen LogP contribution in [-0.2, 0) is 21.7 Å². The minimum absolute atomic E-state index is 0. The molecule has 8 aromatic rings. The topological polar surface area (TPSA) is 9.86 Å². The van der Waals surface area contributed by atoms with Crippen molar-refractivity contribution in [3.63, 3.8) is 0 Å². The van der Waals surface area contributed by atoms with Crippen LogP contribution in [0, 0.1) is 47.6 Å². The molecule has 2 aromatic heterocycles. The molecule has 0 radical (unpaired) electrons. The summed E-state index contributed by atoms with van der Waals surface area (Å²) in [6, 6.07) is 40.7. The Bertz CT molecular complexity index is 2340. The molecule has 2 nitrogen and oxygen atoms in total. The Balaban J connectivity index is 0.000000142. The summed E-state index contributed by atoms with van der Waals surface area (Å²) in [4.78, 5) is 0. The van der Waals surface area contributed by atoms with Gasteiger partial charge in [-0.15, -0.1) is 49.2 Å². The molecule has 53 heavy (non-hydrogen) atoms. The van der Waals surface area contributed by atoms with E-state index < -0.39 is 23.3 Å². The number of benzene rings is 6. The zero-order valence-electron chi connectivity index (χ0n) is 28.3. The summed E-state index contributed by atoms with van der Waals surface area (Å²) in [6.45, 7) is 0. The Hall–Kier alpha value is -5.69. The van der Waals surface area contributed by atoms with E-state index in [2.05, 4.69) is 36.4 Å². The summed E-state index contributed by atoms with van der Waals surface area (Å²) >= 11 is 0. The Kier molecular flexibility index (Phi) is 12.0. The van der Waals surface area contributed by atoms with Gasteiger partial charge in [-0.1, -0.05) is 72.8 Å². The second-order valence-corrected chi connectivity index (χ2v) is 11.8. The van der Waals surface area contributed by atoms with Crippen molar-refractivity contribution in [3.8, 4) is 11.4 Å². The molecule has 10 rings (SSSR count). The molecule has 0 saturated heterocycles. The number of nitrogens with zero attached hydrogens (tertiary/aromatic N) is 2. The van der Waals surface area contributed by atoms with Gasteiger partial charge in [-0.3, -0.25) is 12.2 Å². The van der Waals surface area contributed by atoms with E-state index >= 15 is 0 Å². The average Bonchev–Trinajstić information content (AvgIpc) is 4.01. The van der Waals surface area contributed by atoms with E-state index in [0.717, 1.165) is 56.5 Å². The van der Waals surface area contributed by atoms with Crippen molar-refractivity contribution in [1.82, 2.24) is 9.13 Å². The Morgan fingerprint density at radius 2 is 0.736 bits per heavy atom. The maximum absolute atomic E-state index is 14.2. The number of halogens is 4. The molecule has 6 aromatic carbocycles. The molecule has 0 atom stereocenters. The Labute approximate surface area is 320 Å². The molecule has 0 unspecified atom stereocenters. The van der Waals surface area contributed by atoms with Gasteiger partial charge >= 0.3 is 21.7 Å². The third-order valence-electron chi connectivity index (χ3n) is 8.50. The summed E-state index contributed by atoms with van der Waals surface area (Å²) in [5.74, 6) is -2.78. The average molecular weight is 735 g/mol. The fraction of sp³-hybridized carbons (Fsp3) is 0.0435.